The fourth-order valence-corrected chi connectivity index (χ4v) is 1.95. The predicted octanol–water partition coefficient (Wildman–Crippen LogP) is 1.60. The van der Waals surface area contributed by atoms with E-state index in [-0.39, 0.29) is 6.03 Å². The van der Waals surface area contributed by atoms with E-state index < -0.39 is 0 Å². The Morgan fingerprint density at radius 3 is 2.80 bits per heavy atom. The van der Waals surface area contributed by atoms with Gasteiger partial charge in [-0.05, 0) is 17.7 Å². The van der Waals surface area contributed by atoms with Crippen molar-refractivity contribution >= 4 is 16.9 Å². The van der Waals surface area contributed by atoms with E-state index >= 15 is 0 Å². The lowest BCUT2D eigenvalue weighted by atomic mass is 10.1. The van der Waals surface area contributed by atoms with Crippen molar-refractivity contribution in [1.29, 1.82) is 0 Å². The summed E-state index contributed by atoms with van der Waals surface area (Å²) in [7, 11) is 3.46. The molecule has 0 radical (unpaired) electrons. The largest absolute Gasteiger partial charge is 0.337 e. The van der Waals surface area contributed by atoms with E-state index in [0.717, 1.165) is 18.6 Å². The first-order valence-corrected chi connectivity index (χ1v) is 6.67. The first-order chi connectivity index (χ1) is 9.68. The van der Waals surface area contributed by atoms with Gasteiger partial charge in [0.25, 0.3) is 0 Å². The Kier molecular flexibility index (Phi) is 4.90. The molecule has 5 nitrogen and oxygen atoms in total. The molecule has 0 spiro atoms. The minimum absolute atomic E-state index is 0.0684. The second-order valence-corrected chi connectivity index (χ2v) is 4.79. The van der Waals surface area contributed by atoms with Crippen molar-refractivity contribution in [2.45, 2.75) is 6.54 Å². The topological polar surface area (TPSA) is 57.3 Å². The number of nitrogens with one attached hydrogen (secondary N) is 2. The standard InChI is InChI=1S/C15H20N4O/c1-19(2)15(20)18-10-9-16-11-12-7-8-17-14-6-4-3-5-13(12)14/h3-8,16H,9-11H2,1-2H3,(H,18,20). The lowest BCUT2D eigenvalue weighted by molar-refractivity contribution is 0.217. The van der Waals surface area contributed by atoms with Crippen LogP contribution in [0.3, 0.4) is 0 Å². The molecule has 1 aromatic heterocycles. The third-order valence-corrected chi connectivity index (χ3v) is 3.04. The highest BCUT2D eigenvalue weighted by molar-refractivity contribution is 5.81. The maximum atomic E-state index is 11.3. The van der Waals surface area contributed by atoms with Crippen LogP contribution in [0, 0.1) is 0 Å². The average molecular weight is 272 g/mol. The van der Waals surface area contributed by atoms with E-state index in [1.807, 2.05) is 30.5 Å². The lowest BCUT2D eigenvalue weighted by Gasteiger charge is -2.12. The number of nitrogens with zero attached hydrogens (tertiary/aromatic N) is 2. The molecule has 2 rings (SSSR count). The highest BCUT2D eigenvalue weighted by Crippen LogP contribution is 2.15. The van der Waals surface area contributed by atoms with Gasteiger partial charge in [-0.2, -0.15) is 0 Å². The minimum atomic E-state index is -0.0684. The van der Waals surface area contributed by atoms with Gasteiger partial charge in [0.15, 0.2) is 0 Å². The number of aromatic nitrogens is 1. The second-order valence-electron chi connectivity index (χ2n) is 4.79. The number of carbonyl (C=O) groups excluding carboxylic acids is 1. The molecule has 0 fully saturated rings. The smallest absolute Gasteiger partial charge is 0.316 e. The first-order valence-electron chi connectivity index (χ1n) is 6.67. The zero-order chi connectivity index (χ0) is 14.4. The summed E-state index contributed by atoms with van der Waals surface area (Å²) in [4.78, 5) is 17.2. The van der Waals surface area contributed by atoms with Gasteiger partial charge in [0, 0.05) is 45.3 Å². The van der Waals surface area contributed by atoms with Crippen LogP contribution in [-0.4, -0.2) is 43.1 Å². The zero-order valence-corrected chi connectivity index (χ0v) is 11.9. The van der Waals surface area contributed by atoms with Crippen molar-refractivity contribution in [3.05, 3.63) is 42.1 Å². The Labute approximate surface area is 119 Å². The molecule has 2 aromatic rings. The molecule has 0 bridgehead atoms. The van der Waals surface area contributed by atoms with Gasteiger partial charge in [0.05, 0.1) is 5.52 Å². The summed E-state index contributed by atoms with van der Waals surface area (Å²) in [6.07, 6.45) is 1.83. The summed E-state index contributed by atoms with van der Waals surface area (Å²) in [6.45, 7) is 2.11. The van der Waals surface area contributed by atoms with E-state index in [2.05, 4.69) is 21.7 Å². The molecule has 0 aliphatic rings. The molecule has 0 aliphatic heterocycles. The van der Waals surface area contributed by atoms with Crippen molar-refractivity contribution in [2.75, 3.05) is 27.2 Å². The van der Waals surface area contributed by atoms with Gasteiger partial charge in [-0.3, -0.25) is 4.98 Å². The van der Waals surface area contributed by atoms with Crippen LogP contribution in [0.2, 0.25) is 0 Å². The van der Waals surface area contributed by atoms with Crippen LogP contribution in [0.25, 0.3) is 10.9 Å². The molecular formula is C15H20N4O. The SMILES string of the molecule is CN(C)C(=O)NCCNCc1ccnc2ccccc12. The van der Waals surface area contributed by atoms with E-state index in [4.69, 9.17) is 0 Å². The van der Waals surface area contributed by atoms with Crippen molar-refractivity contribution in [2.24, 2.45) is 0 Å². The Bertz CT molecular complexity index is 578. The molecule has 0 unspecified atom stereocenters. The number of amides is 2. The normalized spacial score (nSPS) is 10.5. The van der Waals surface area contributed by atoms with Gasteiger partial charge in [-0.25, -0.2) is 4.79 Å². The van der Waals surface area contributed by atoms with Crippen molar-refractivity contribution in [1.82, 2.24) is 20.5 Å². The molecule has 20 heavy (non-hydrogen) atoms. The number of para-hydroxylation sites is 1. The van der Waals surface area contributed by atoms with E-state index in [1.54, 1.807) is 14.1 Å². The lowest BCUT2D eigenvalue weighted by Crippen LogP contribution is -2.38. The van der Waals surface area contributed by atoms with Crippen LogP contribution in [0.1, 0.15) is 5.56 Å². The van der Waals surface area contributed by atoms with Gasteiger partial charge in [0.1, 0.15) is 0 Å². The molecule has 2 amide bonds. The summed E-state index contributed by atoms with van der Waals surface area (Å²) in [5, 5.41) is 7.31. The number of hydrogen-bond donors (Lipinski definition) is 2. The monoisotopic (exact) mass is 272 g/mol. The van der Waals surface area contributed by atoms with E-state index in [0.29, 0.717) is 6.54 Å². The van der Waals surface area contributed by atoms with Crippen LogP contribution in [0.5, 0.6) is 0 Å². The summed E-state index contributed by atoms with van der Waals surface area (Å²) < 4.78 is 0. The van der Waals surface area contributed by atoms with E-state index in [1.165, 1.54) is 15.8 Å². The third kappa shape index (κ3) is 3.68. The number of urea groups is 1. The highest BCUT2D eigenvalue weighted by Gasteiger charge is 2.02. The second kappa shape index (κ2) is 6.86. The maximum Gasteiger partial charge on any atom is 0.316 e. The summed E-state index contributed by atoms with van der Waals surface area (Å²) in [5.74, 6) is 0. The third-order valence-electron chi connectivity index (χ3n) is 3.04. The molecule has 0 atom stereocenters. The van der Waals surface area contributed by atoms with Crippen LogP contribution < -0.4 is 10.6 Å². The minimum Gasteiger partial charge on any atom is -0.337 e. The average Bonchev–Trinajstić information content (AvgIpc) is 2.46. The molecule has 1 aromatic carbocycles. The number of pyridine rings is 1. The van der Waals surface area contributed by atoms with Gasteiger partial charge in [0.2, 0.25) is 0 Å². The molecular weight excluding hydrogens is 252 g/mol. The predicted molar refractivity (Wildman–Crippen MR) is 80.5 cm³/mol. The van der Waals surface area contributed by atoms with Gasteiger partial charge in [-0.1, -0.05) is 18.2 Å². The summed E-state index contributed by atoms with van der Waals surface area (Å²) in [5.41, 5.74) is 2.22. The number of carbonyl (C=O) groups is 1. The maximum absolute atomic E-state index is 11.3. The molecule has 0 aliphatic carbocycles. The van der Waals surface area contributed by atoms with Gasteiger partial charge < -0.3 is 15.5 Å². The van der Waals surface area contributed by atoms with Gasteiger partial charge in [-0.15, -0.1) is 0 Å². The van der Waals surface area contributed by atoms with Crippen LogP contribution in [-0.2, 0) is 6.54 Å². The molecule has 1 heterocycles. The van der Waals surface area contributed by atoms with Crippen molar-refractivity contribution in [3.8, 4) is 0 Å². The fraction of sp³-hybridized carbons (Fsp3) is 0.333. The van der Waals surface area contributed by atoms with E-state index in [9.17, 15) is 4.79 Å². The Hall–Kier alpha value is -2.14. The number of benzene rings is 1. The number of fused-ring (bicyclic) bond motifs is 1. The Morgan fingerprint density at radius 2 is 2.00 bits per heavy atom. The number of hydrogen-bond acceptors (Lipinski definition) is 3. The van der Waals surface area contributed by atoms with Crippen LogP contribution >= 0.6 is 0 Å². The Morgan fingerprint density at radius 1 is 1.20 bits per heavy atom. The molecule has 0 saturated heterocycles. The summed E-state index contributed by atoms with van der Waals surface area (Å²) >= 11 is 0. The number of rotatable bonds is 5. The Balaban J connectivity index is 1.83. The van der Waals surface area contributed by atoms with Crippen molar-refractivity contribution in [3.63, 3.8) is 0 Å². The quantitative estimate of drug-likeness (QED) is 0.813. The van der Waals surface area contributed by atoms with Crippen LogP contribution in [0.15, 0.2) is 36.5 Å². The van der Waals surface area contributed by atoms with Gasteiger partial charge >= 0.3 is 6.03 Å². The van der Waals surface area contributed by atoms with Crippen LogP contribution in [0.4, 0.5) is 4.79 Å². The highest BCUT2D eigenvalue weighted by atomic mass is 16.2. The molecule has 106 valence electrons. The van der Waals surface area contributed by atoms with Crippen molar-refractivity contribution < 1.29 is 4.79 Å². The molecule has 5 heteroatoms. The fourth-order valence-electron chi connectivity index (χ4n) is 1.95. The summed E-state index contributed by atoms with van der Waals surface area (Å²) in [6, 6.07) is 10.0. The molecule has 0 saturated carbocycles. The first kappa shape index (κ1) is 14.3. The molecule has 2 N–H and O–H groups in total. The zero-order valence-electron chi connectivity index (χ0n) is 11.9.